The average Bonchev–Trinajstić information content (AvgIpc) is 3.20. The smallest absolute Gasteiger partial charge is 0.331 e. The molecule has 0 aliphatic heterocycles. The Balaban J connectivity index is 2.04. The number of thiol groups is 1. The average molecular weight is 520 g/mol. The molecule has 0 spiro atoms. The molecule has 0 fully saturated rings. The summed E-state index contributed by atoms with van der Waals surface area (Å²) in [7, 11) is -2.55. The summed E-state index contributed by atoms with van der Waals surface area (Å²) in [5, 5.41) is 9.81. The van der Waals surface area contributed by atoms with Crippen LogP contribution < -0.4 is 5.32 Å². The first-order valence-corrected chi connectivity index (χ1v) is 13.0. The molecule has 0 bridgehead atoms. The van der Waals surface area contributed by atoms with Crippen molar-refractivity contribution in [2.24, 2.45) is 0 Å². The van der Waals surface area contributed by atoms with Gasteiger partial charge in [0.1, 0.15) is 5.71 Å². The fraction of sp³-hybridized carbons (Fsp3) is 0.182. The van der Waals surface area contributed by atoms with Gasteiger partial charge in [-0.3, -0.25) is 9.62 Å². The number of nitrogens with zero attached hydrogens (tertiary/aromatic N) is 1. The zero-order valence-corrected chi connectivity index (χ0v) is 19.5. The Kier molecular flexibility index (Phi) is 7.04. The standard InChI is InChI=1S/C22H19F6N3OS2/c1-34(2,32)14-7-5-6-13(10-14)18-12-30-20(33-18)31-17(11-19(29)22(26,27)28)15-8-3-4-9-16(15)21(23,24)25/h3-12,29,34H,1-2H3,(H,30,31)/b17-11-,29-19?. The van der Waals surface area contributed by atoms with Crippen molar-refractivity contribution in [2.45, 2.75) is 17.2 Å². The minimum Gasteiger partial charge on any atom is -0.331 e. The van der Waals surface area contributed by atoms with Crippen LogP contribution in [-0.4, -0.2) is 33.6 Å². The maximum Gasteiger partial charge on any atom is 0.432 e. The molecule has 34 heavy (non-hydrogen) atoms. The highest BCUT2D eigenvalue weighted by atomic mass is 32.2. The molecule has 0 unspecified atom stereocenters. The summed E-state index contributed by atoms with van der Waals surface area (Å²) < 4.78 is 91.9. The number of alkyl halides is 6. The fourth-order valence-corrected chi connectivity index (χ4v) is 4.67. The highest BCUT2D eigenvalue weighted by molar-refractivity contribution is 8.01. The van der Waals surface area contributed by atoms with Gasteiger partial charge >= 0.3 is 12.4 Å². The number of thiazole rings is 1. The molecule has 0 saturated carbocycles. The lowest BCUT2D eigenvalue weighted by molar-refractivity contribution is -0.137. The third-order valence-electron chi connectivity index (χ3n) is 4.62. The molecule has 1 aromatic heterocycles. The monoisotopic (exact) mass is 519 g/mol. The Hall–Kier alpha value is -2.99. The van der Waals surface area contributed by atoms with Crippen molar-refractivity contribution >= 4 is 37.8 Å². The van der Waals surface area contributed by atoms with Crippen LogP contribution in [0.1, 0.15) is 11.1 Å². The summed E-state index contributed by atoms with van der Waals surface area (Å²) in [4.78, 5) is 5.25. The van der Waals surface area contributed by atoms with Crippen molar-refractivity contribution in [3.8, 4) is 10.4 Å². The van der Waals surface area contributed by atoms with Gasteiger partial charge in [-0.05, 0) is 42.4 Å². The molecule has 0 radical (unpaired) electrons. The second kappa shape index (κ2) is 9.34. The number of hydrogen-bond donors (Lipinski definition) is 3. The summed E-state index contributed by atoms with van der Waals surface area (Å²) >= 11 is 0.991. The highest BCUT2D eigenvalue weighted by Gasteiger charge is 2.36. The van der Waals surface area contributed by atoms with Gasteiger partial charge in [0.25, 0.3) is 0 Å². The minimum absolute atomic E-state index is 0.0229. The van der Waals surface area contributed by atoms with Gasteiger partial charge in [-0.15, -0.1) is 0 Å². The van der Waals surface area contributed by atoms with Crippen molar-refractivity contribution < 1.29 is 30.6 Å². The van der Waals surface area contributed by atoms with Crippen LogP contribution in [0.15, 0.2) is 65.7 Å². The summed E-state index contributed by atoms with van der Waals surface area (Å²) in [6.07, 6.45) is -4.96. The Morgan fingerprint density at radius 1 is 1.06 bits per heavy atom. The number of rotatable bonds is 6. The number of halogens is 6. The zero-order valence-electron chi connectivity index (χ0n) is 17.8. The summed E-state index contributed by atoms with van der Waals surface area (Å²) in [5.41, 5.74) is -3.46. The van der Waals surface area contributed by atoms with Gasteiger partial charge in [0.05, 0.1) is 16.1 Å². The number of benzene rings is 2. The fourth-order valence-electron chi connectivity index (χ4n) is 2.95. The molecule has 0 amide bonds. The molecule has 2 N–H and O–H groups in total. The third-order valence-corrected chi connectivity index (χ3v) is 7.10. The lowest BCUT2D eigenvalue weighted by Crippen LogP contribution is -2.21. The van der Waals surface area contributed by atoms with Crippen LogP contribution in [0.2, 0.25) is 0 Å². The molecule has 0 saturated heterocycles. The van der Waals surface area contributed by atoms with Crippen LogP contribution in [0, 0.1) is 5.41 Å². The summed E-state index contributed by atoms with van der Waals surface area (Å²) in [6, 6.07) is 11.0. The molecule has 0 aliphatic carbocycles. The van der Waals surface area contributed by atoms with E-state index >= 15 is 0 Å². The number of hydrogen-bond acceptors (Lipinski definition) is 5. The Morgan fingerprint density at radius 2 is 1.74 bits per heavy atom. The molecule has 3 aromatic rings. The minimum atomic E-state index is -5.05. The number of allylic oxidation sites excluding steroid dienone is 1. The number of anilines is 1. The molecule has 12 heteroatoms. The van der Waals surface area contributed by atoms with Gasteiger partial charge in [0, 0.05) is 16.7 Å². The molecular formula is C22H19F6N3OS2. The second-order valence-electron chi connectivity index (χ2n) is 7.57. The molecule has 182 valence electrons. The van der Waals surface area contributed by atoms with E-state index in [1.165, 1.54) is 12.3 Å². The van der Waals surface area contributed by atoms with Crippen LogP contribution in [0.5, 0.6) is 0 Å². The van der Waals surface area contributed by atoms with E-state index in [0.717, 1.165) is 29.5 Å². The molecule has 4 nitrogen and oxygen atoms in total. The van der Waals surface area contributed by atoms with E-state index in [1.54, 1.807) is 36.8 Å². The SMILES string of the molecule is C[SH](C)(=O)c1cccc(-c2cnc(N/C(=C\C(=N)C(F)(F)F)c3ccccc3C(F)(F)F)s2)c1. The lowest BCUT2D eigenvalue weighted by Gasteiger charge is -2.16. The van der Waals surface area contributed by atoms with E-state index in [2.05, 4.69) is 10.3 Å². The third kappa shape index (κ3) is 6.11. The number of nitrogens with one attached hydrogen (secondary N) is 2. The van der Waals surface area contributed by atoms with Crippen LogP contribution in [0.4, 0.5) is 31.5 Å². The van der Waals surface area contributed by atoms with E-state index in [9.17, 15) is 30.6 Å². The Labute approximate surface area is 196 Å². The Morgan fingerprint density at radius 3 is 2.35 bits per heavy atom. The largest absolute Gasteiger partial charge is 0.432 e. The molecule has 0 atom stereocenters. The normalized spacial score (nSPS) is 13.6. The lowest BCUT2D eigenvalue weighted by atomic mass is 10.0. The summed E-state index contributed by atoms with van der Waals surface area (Å²) in [6.45, 7) is 0. The van der Waals surface area contributed by atoms with Gasteiger partial charge in [-0.25, -0.2) is 4.98 Å². The predicted octanol–water partition coefficient (Wildman–Crippen LogP) is 6.50. The Bertz CT molecular complexity index is 1290. The van der Waals surface area contributed by atoms with E-state index < -0.39 is 44.8 Å². The molecule has 0 aliphatic rings. The molecule has 1 heterocycles. The molecule has 2 aromatic carbocycles. The topological polar surface area (TPSA) is 65.8 Å². The van der Waals surface area contributed by atoms with Gasteiger partial charge < -0.3 is 5.32 Å². The predicted molar refractivity (Wildman–Crippen MR) is 124 cm³/mol. The quantitative estimate of drug-likeness (QED) is 0.198. The van der Waals surface area contributed by atoms with Crippen LogP contribution in [-0.2, 0) is 16.1 Å². The van der Waals surface area contributed by atoms with Crippen molar-refractivity contribution in [1.82, 2.24) is 4.98 Å². The summed E-state index contributed by atoms with van der Waals surface area (Å²) in [5.74, 6) is 0. The van der Waals surface area contributed by atoms with Gasteiger partial charge in [0.15, 0.2) is 5.13 Å². The van der Waals surface area contributed by atoms with E-state index in [0.29, 0.717) is 21.4 Å². The van der Waals surface area contributed by atoms with Crippen molar-refractivity contribution in [3.63, 3.8) is 0 Å². The van der Waals surface area contributed by atoms with E-state index in [-0.39, 0.29) is 5.13 Å². The van der Waals surface area contributed by atoms with E-state index in [1.807, 2.05) is 0 Å². The van der Waals surface area contributed by atoms with Crippen molar-refractivity contribution in [3.05, 3.63) is 71.9 Å². The van der Waals surface area contributed by atoms with Crippen LogP contribution >= 0.6 is 11.3 Å². The van der Waals surface area contributed by atoms with Gasteiger partial charge in [-0.1, -0.05) is 51.6 Å². The van der Waals surface area contributed by atoms with Gasteiger partial charge in [-0.2, -0.15) is 26.3 Å². The van der Waals surface area contributed by atoms with Crippen LogP contribution in [0.3, 0.4) is 0 Å². The number of aromatic nitrogens is 1. The first kappa shape index (κ1) is 25.6. The maximum absolute atomic E-state index is 13.5. The van der Waals surface area contributed by atoms with Crippen molar-refractivity contribution in [2.75, 3.05) is 17.8 Å². The van der Waals surface area contributed by atoms with Crippen molar-refractivity contribution in [1.29, 1.82) is 5.41 Å². The zero-order chi connectivity index (χ0) is 25.3. The first-order chi connectivity index (χ1) is 15.7. The second-order valence-corrected chi connectivity index (χ2v) is 11.8. The highest BCUT2D eigenvalue weighted by Crippen LogP contribution is 2.37. The van der Waals surface area contributed by atoms with Crippen LogP contribution in [0.25, 0.3) is 16.1 Å². The first-order valence-electron chi connectivity index (χ1n) is 9.59. The maximum atomic E-state index is 13.5. The molecule has 3 rings (SSSR count). The van der Waals surface area contributed by atoms with Gasteiger partial charge in [0.2, 0.25) is 0 Å². The molecular weight excluding hydrogens is 500 g/mol. The van der Waals surface area contributed by atoms with E-state index in [4.69, 9.17) is 5.41 Å².